The van der Waals surface area contributed by atoms with Crippen molar-refractivity contribution in [2.75, 3.05) is 11.9 Å². The van der Waals surface area contributed by atoms with Crippen LogP contribution in [-0.2, 0) is 0 Å². The normalized spacial score (nSPS) is 27.9. The van der Waals surface area contributed by atoms with Crippen LogP contribution in [0.15, 0.2) is 12.3 Å². The molecular weight excluding hydrogens is 284 g/mol. The van der Waals surface area contributed by atoms with Crippen molar-refractivity contribution in [3.8, 4) is 6.07 Å². The summed E-state index contributed by atoms with van der Waals surface area (Å²) in [6.07, 6.45) is 6.33. The van der Waals surface area contributed by atoms with Crippen molar-refractivity contribution in [2.45, 2.75) is 57.2 Å². The quantitative estimate of drug-likeness (QED) is 0.851. The minimum absolute atomic E-state index is 0.209. The van der Waals surface area contributed by atoms with Crippen molar-refractivity contribution in [2.24, 2.45) is 0 Å². The Morgan fingerprint density at radius 3 is 3.10 bits per heavy atom. The first-order valence-corrected chi connectivity index (χ1v) is 7.96. The van der Waals surface area contributed by atoms with Gasteiger partial charge >= 0.3 is 0 Å². The van der Waals surface area contributed by atoms with Crippen LogP contribution in [0.2, 0.25) is 5.15 Å². The number of piperidine rings is 1. The van der Waals surface area contributed by atoms with E-state index < -0.39 is 0 Å². The Hall–Kier alpha value is -1.31. The van der Waals surface area contributed by atoms with Gasteiger partial charge in [0, 0.05) is 23.8 Å². The van der Waals surface area contributed by atoms with E-state index in [0.717, 1.165) is 18.5 Å². The summed E-state index contributed by atoms with van der Waals surface area (Å²) in [6, 6.07) is 4.98. The predicted molar refractivity (Wildman–Crippen MR) is 84.4 cm³/mol. The molecule has 2 saturated heterocycles. The molecule has 0 aliphatic carbocycles. The summed E-state index contributed by atoms with van der Waals surface area (Å²) in [5, 5.41) is 13.2. The molecule has 112 valence electrons. The molecule has 0 bridgehead atoms. The highest BCUT2D eigenvalue weighted by Gasteiger charge is 2.42. The van der Waals surface area contributed by atoms with Crippen molar-refractivity contribution in [3.05, 3.63) is 23.0 Å². The molecule has 2 aliphatic rings. The fourth-order valence-corrected chi connectivity index (χ4v) is 4.14. The summed E-state index contributed by atoms with van der Waals surface area (Å²) in [5.74, 6) is 0. The third kappa shape index (κ3) is 2.86. The number of nitriles is 1. The van der Waals surface area contributed by atoms with Crippen molar-refractivity contribution >= 4 is 17.3 Å². The minimum Gasteiger partial charge on any atom is -0.381 e. The van der Waals surface area contributed by atoms with E-state index in [9.17, 15) is 5.26 Å². The fourth-order valence-electron chi connectivity index (χ4n) is 3.98. The zero-order valence-electron chi connectivity index (χ0n) is 12.6. The van der Waals surface area contributed by atoms with E-state index in [-0.39, 0.29) is 5.54 Å². The number of pyridine rings is 1. The van der Waals surface area contributed by atoms with Gasteiger partial charge in [-0.3, -0.25) is 4.90 Å². The van der Waals surface area contributed by atoms with Gasteiger partial charge in [-0.15, -0.1) is 0 Å². The third-order valence-corrected chi connectivity index (χ3v) is 5.01. The molecule has 0 amide bonds. The van der Waals surface area contributed by atoms with Gasteiger partial charge in [0.2, 0.25) is 0 Å². The smallest absolute Gasteiger partial charge is 0.131 e. The van der Waals surface area contributed by atoms with E-state index in [1.54, 1.807) is 12.3 Å². The highest BCUT2D eigenvalue weighted by molar-refractivity contribution is 6.29. The zero-order chi connectivity index (χ0) is 15.0. The van der Waals surface area contributed by atoms with Crippen LogP contribution in [0.25, 0.3) is 0 Å². The molecule has 3 rings (SSSR count). The average Bonchev–Trinajstić information content (AvgIpc) is 2.87. The maximum absolute atomic E-state index is 9.21. The molecule has 0 aromatic carbocycles. The van der Waals surface area contributed by atoms with Crippen LogP contribution >= 0.6 is 11.6 Å². The van der Waals surface area contributed by atoms with Gasteiger partial charge in [-0.1, -0.05) is 11.6 Å². The number of aromatic nitrogens is 1. The van der Waals surface area contributed by atoms with Crippen molar-refractivity contribution in [3.63, 3.8) is 0 Å². The molecular formula is C16H21ClN4. The monoisotopic (exact) mass is 304 g/mol. The Kier molecular flexibility index (Phi) is 3.81. The molecule has 1 aromatic rings. The Balaban J connectivity index is 1.80. The molecule has 0 radical (unpaired) electrons. The highest BCUT2D eigenvalue weighted by Crippen LogP contribution is 2.38. The SMILES string of the molecule is CC1(C)C[C@H](Nc2cc(Cl)ncc2C#N)C[C@@H]2CCCN21. The standard InChI is InChI=1S/C16H21ClN4/c1-16(2)8-12(6-13-4-3-5-21(13)16)20-14-7-15(17)19-10-11(14)9-18/h7,10,12-13H,3-6,8H2,1-2H3,(H,19,20)/t12-,13+/m1/s1. The van der Waals surface area contributed by atoms with Crippen LogP contribution in [0.5, 0.6) is 0 Å². The Morgan fingerprint density at radius 2 is 2.33 bits per heavy atom. The molecule has 0 spiro atoms. The number of hydrogen-bond donors (Lipinski definition) is 1. The number of fused-ring (bicyclic) bond motifs is 1. The van der Waals surface area contributed by atoms with Gasteiger partial charge in [0.25, 0.3) is 0 Å². The van der Waals surface area contributed by atoms with Gasteiger partial charge in [0.15, 0.2) is 0 Å². The summed E-state index contributed by atoms with van der Waals surface area (Å²) in [6.45, 7) is 5.86. The van der Waals surface area contributed by atoms with Crippen LogP contribution in [0.4, 0.5) is 5.69 Å². The lowest BCUT2D eigenvalue weighted by atomic mass is 9.83. The highest BCUT2D eigenvalue weighted by atomic mass is 35.5. The first-order chi connectivity index (χ1) is 9.99. The minimum atomic E-state index is 0.209. The number of halogens is 1. The second-order valence-electron chi connectivity index (χ2n) is 6.75. The molecule has 2 fully saturated rings. The van der Waals surface area contributed by atoms with Crippen LogP contribution in [0.3, 0.4) is 0 Å². The maximum Gasteiger partial charge on any atom is 0.131 e. The van der Waals surface area contributed by atoms with E-state index >= 15 is 0 Å². The molecule has 21 heavy (non-hydrogen) atoms. The zero-order valence-corrected chi connectivity index (χ0v) is 13.3. The first kappa shape index (κ1) is 14.6. The Morgan fingerprint density at radius 1 is 1.52 bits per heavy atom. The largest absolute Gasteiger partial charge is 0.381 e. The van der Waals surface area contributed by atoms with E-state index in [1.165, 1.54) is 19.4 Å². The number of nitrogens with one attached hydrogen (secondary N) is 1. The second kappa shape index (κ2) is 5.47. The van der Waals surface area contributed by atoms with Crippen LogP contribution in [0, 0.1) is 11.3 Å². The number of nitrogens with zero attached hydrogens (tertiary/aromatic N) is 3. The molecule has 2 atom stereocenters. The summed E-state index contributed by atoms with van der Waals surface area (Å²) in [5.41, 5.74) is 1.58. The van der Waals surface area contributed by atoms with E-state index in [1.807, 2.05) is 0 Å². The lowest BCUT2D eigenvalue weighted by Gasteiger charge is -2.48. The lowest BCUT2D eigenvalue weighted by molar-refractivity contribution is 0.0501. The van der Waals surface area contributed by atoms with E-state index in [4.69, 9.17) is 11.6 Å². The van der Waals surface area contributed by atoms with Gasteiger partial charge in [-0.25, -0.2) is 4.98 Å². The Bertz CT molecular complexity index is 578. The molecule has 2 aliphatic heterocycles. The maximum atomic E-state index is 9.21. The van der Waals surface area contributed by atoms with Gasteiger partial charge in [0.1, 0.15) is 11.2 Å². The Labute approximate surface area is 131 Å². The van der Waals surface area contributed by atoms with Gasteiger partial charge in [-0.05, 0) is 52.1 Å². The second-order valence-corrected chi connectivity index (χ2v) is 7.13. The topological polar surface area (TPSA) is 52.0 Å². The molecule has 1 aromatic heterocycles. The number of rotatable bonds is 2. The molecule has 0 unspecified atom stereocenters. The predicted octanol–water partition coefficient (Wildman–Crippen LogP) is 3.42. The molecule has 4 nitrogen and oxygen atoms in total. The molecule has 3 heterocycles. The van der Waals surface area contributed by atoms with E-state index in [0.29, 0.717) is 22.8 Å². The lowest BCUT2D eigenvalue weighted by Crippen LogP contribution is -2.55. The fraction of sp³-hybridized carbons (Fsp3) is 0.625. The van der Waals surface area contributed by atoms with E-state index in [2.05, 4.69) is 35.1 Å². The van der Waals surface area contributed by atoms with Gasteiger partial charge in [0.05, 0.1) is 11.3 Å². The molecule has 0 saturated carbocycles. The van der Waals surface area contributed by atoms with Crippen molar-refractivity contribution in [1.29, 1.82) is 5.26 Å². The summed E-state index contributed by atoms with van der Waals surface area (Å²) >= 11 is 5.97. The number of hydrogen-bond acceptors (Lipinski definition) is 4. The van der Waals surface area contributed by atoms with Gasteiger partial charge in [-0.2, -0.15) is 5.26 Å². The van der Waals surface area contributed by atoms with Crippen LogP contribution in [-0.4, -0.2) is 34.1 Å². The van der Waals surface area contributed by atoms with Crippen LogP contribution in [0.1, 0.15) is 45.1 Å². The average molecular weight is 305 g/mol. The van der Waals surface area contributed by atoms with Crippen molar-refractivity contribution < 1.29 is 0 Å². The summed E-state index contributed by atoms with van der Waals surface area (Å²) in [4.78, 5) is 6.63. The first-order valence-electron chi connectivity index (χ1n) is 7.58. The third-order valence-electron chi connectivity index (χ3n) is 4.81. The summed E-state index contributed by atoms with van der Waals surface area (Å²) in [7, 11) is 0. The van der Waals surface area contributed by atoms with Crippen molar-refractivity contribution in [1.82, 2.24) is 9.88 Å². The van der Waals surface area contributed by atoms with Crippen LogP contribution < -0.4 is 5.32 Å². The molecule has 5 heteroatoms. The molecule has 1 N–H and O–H groups in total. The number of anilines is 1. The van der Waals surface area contributed by atoms with Gasteiger partial charge < -0.3 is 5.32 Å². The summed E-state index contributed by atoms with van der Waals surface area (Å²) < 4.78 is 0.